The summed E-state index contributed by atoms with van der Waals surface area (Å²) in [6.07, 6.45) is -1.34. The van der Waals surface area contributed by atoms with E-state index >= 15 is 0 Å². The van der Waals surface area contributed by atoms with Crippen molar-refractivity contribution in [2.75, 3.05) is 0 Å². The summed E-state index contributed by atoms with van der Waals surface area (Å²) in [7, 11) is 0. The Morgan fingerprint density at radius 1 is 1.19 bits per heavy atom. The molecule has 82 valence electrons. The van der Waals surface area contributed by atoms with E-state index in [1.807, 2.05) is 0 Å². The molecule has 0 amide bonds. The molecular formula is C10H10CaO5. The van der Waals surface area contributed by atoms with E-state index in [-0.39, 0.29) is 43.3 Å². The van der Waals surface area contributed by atoms with Gasteiger partial charge in [0.05, 0.1) is 18.0 Å². The van der Waals surface area contributed by atoms with Crippen LogP contribution in [0.2, 0.25) is 0 Å². The Bertz CT molecular complexity index is 323. The fourth-order valence-corrected chi connectivity index (χ4v) is 0.574. The van der Waals surface area contributed by atoms with Crippen LogP contribution in [0.1, 0.15) is 17.3 Å². The molecule has 0 fully saturated rings. The zero-order chi connectivity index (χ0) is 11.8. The molecule has 6 heteroatoms. The van der Waals surface area contributed by atoms with Crippen molar-refractivity contribution in [3.05, 3.63) is 35.9 Å². The summed E-state index contributed by atoms with van der Waals surface area (Å²) in [4.78, 5) is 19.4. The maximum absolute atomic E-state index is 10.1. The molecule has 0 aliphatic heterocycles. The molecule has 16 heavy (non-hydrogen) atoms. The van der Waals surface area contributed by atoms with E-state index < -0.39 is 18.0 Å². The molecule has 0 aliphatic rings. The third-order valence-corrected chi connectivity index (χ3v) is 1.35. The number of benzene rings is 1. The van der Waals surface area contributed by atoms with Crippen molar-refractivity contribution in [1.82, 2.24) is 0 Å². The van der Waals surface area contributed by atoms with Crippen molar-refractivity contribution in [3.63, 3.8) is 0 Å². The Morgan fingerprint density at radius 2 is 1.56 bits per heavy atom. The standard InChI is InChI=1S/C7H6O2.C3H6O3.Ca/c8-7(9)6-4-2-1-3-5-6;1-2(4)3(5)6;/h1-5H,(H,8,9);2,4H,1H3,(H,5,6);/q;;+2/p-2. The van der Waals surface area contributed by atoms with Gasteiger partial charge in [-0.05, 0) is 12.5 Å². The number of aliphatic carboxylic acids is 1. The summed E-state index contributed by atoms with van der Waals surface area (Å²) in [5, 5.41) is 27.4. The molecule has 0 spiro atoms. The van der Waals surface area contributed by atoms with E-state index in [0.717, 1.165) is 6.92 Å². The SMILES string of the molecule is CC(O)C(=O)[O-].O=C([O-])c1ccccc1.[Ca+2]. The van der Waals surface area contributed by atoms with Gasteiger partial charge in [-0.1, -0.05) is 30.3 Å². The zero-order valence-corrected chi connectivity index (χ0v) is 11.0. The van der Waals surface area contributed by atoms with Crippen LogP contribution in [0.25, 0.3) is 0 Å². The summed E-state index contributed by atoms with van der Waals surface area (Å²) in [5.74, 6) is -2.56. The first-order chi connectivity index (χ1) is 6.95. The molecule has 1 aromatic rings. The van der Waals surface area contributed by atoms with Gasteiger partial charge in [-0.25, -0.2) is 0 Å². The topological polar surface area (TPSA) is 100 Å². The molecule has 1 atom stereocenters. The number of carboxylic acids is 2. The third kappa shape index (κ3) is 8.67. The smallest absolute Gasteiger partial charge is 0.547 e. The third-order valence-electron chi connectivity index (χ3n) is 1.35. The van der Waals surface area contributed by atoms with Crippen LogP contribution in [0.4, 0.5) is 0 Å². The Labute approximate surface area is 123 Å². The van der Waals surface area contributed by atoms with Gasteiger partial charge in [-0.2, -0.15) is 0 Å². The van der Waals surface area contributed by atoms with Crippen LogP contribution in [-0.2, 0) is 4.79 Å². The van der Waals surface area contributed by atoms with E-state index in [0.29, 0.717) is 0 Å². The van der Waals surface area contributed by atoms with Crippen molar-refractivity contribution in [1.29, 1.82) is 0 Å². The van der Waals surface area contributed by atoms with Gasteiger partial charge in [0.25, 0.3) is 0 Å². The van der Waals surface area contributed by atoms with E-state index in [1.54, 1.807) is 18.2 Å². The maximum Gasteiger partial charge on any atom is 2.00 e. The van der Waals surface area contributed by atoms with Crippen LogP contribution in [0.5, 0.6) is 0 Å². The van der Waals surface area contributed by atoms with E-state index in [9.17, 15) is 19.8 Å². The number of aliphatic hydroxyl groups is 1. The summed E-state index contributed by atoms with van der Waals surface area (Å²) in [5.41, 5.74) is 0.220. The fraction of sp³-hybridized carbons (Fsp3) is 0.200. The minimum atomic E-state index is -1.44. The molecular weight excluding hydrogens is 240 g/mol. The van der Waals surface area contributed by atoms with Crippen molar-refractivity contribution in [2.24, 2.45) is 0 Å². The largest absolute Gasteiger partial charge is 2.00 e. The Hall–Kier alpha value is -0.620. The van der Waals surface area contributed by atoms with Gasteiger partial charge in [-0.3, -0.25) is 0 Å². The Kier molecular flexibility index (Phi) is 10.7. The van der Waals surface area contributed by atoms with Gasteiger partial charge >= 0.3 is 37.7 Å². The number of carboxylic acid groups (broad SMARTS) is 2. The van der Waals surface area contributed by atoms with Crippen LogP contribution < -0.4 is 10.2 Å². The predicted molar refractivity (Wildman–Crippen MR) is 53.2 cm³/mol. The van der Waals surface area contributed by atoms with Gasteiger partial charge < -0.3 is 24.9 Å². The molecule has 0 radical (unpaired) electrons. The van der Waals surface area contributed by atoms with Crippen LogP contribution >= 0.6 is 0 Å². The monoisotopic (exact) mass is 250 g/mol. The summed E-state index contributed by atoms with van der Waals surface area (Å²) in [6, 6.07) is 8.06. The second kappa shape index (κ2) is 9.59. The molecule has 1 aromatic carbocycles. The minimum Gasteiger partial charge on any atom is -0.547 e. The number of carbonyl (C=O) groups excluding carboxylic acids is 2. The van der Waals surface area contributed by atoms with Crippen LogP contribution in [0.15, 0.2) is 30.3 Å². The van der Waals surface area contributed by atoms with Gasteiger partial charge in [0.15, 0.2) is 0 Å². The average Bonchev–Trinajstić information content (AvgIpc) is 2.20. The Morgan fingerprint density at radius 3 is 1.75 bits per heavy atom. The summed E-state index contributed by atoms with van der Waals surface area (Å²) in [6.45, 7) is 1.13. The van der Waals surface area contributed by atoms with E-state index in [2.05, 4.69) is 0 Å². The molecule has 0 saturated carbocycles. The first kappa shape index (κ1) is 17.8. The molecule has 1 N–H and O–H groups in total. The molecule has 0 aromatic heterocycles. The average molecular weight is 250 g/mol. The molecule has 0 saturated heterocycles. The first-order valence-electron chi connectivity index (χ1n) is 4.10. The minimum absolute atomic E-state index is 0. The first-order valence-corrected chi connectivity index (χ1v) is 4.10. The summed E-state index contributed by atoms with van der Waals surface area (Å²) < 4.78 is 0. The molecule has 0 bridgehead atoms. The molecule has 1 rings (SSSR count). The number of hydrogen-bond acceptors (Lipinski definition) is 5. The number of rotatable bonds is 2. The van der Waals surface area contributed by atoms with Crippen molar-refractivity contribution in [2.45, 2.75) is 13.0 Å². The van der Waals surface area contributed by atoms with Crippen LogP contribution in [0.3, 0.4) is 0 Å². The normalized spacial score (nSPS) is 10.1. The maximum atomic E-state index is 10.1. The van der Waals surface area contributed by atoms with Crippen LogP contribution in [-0.4, -0.2) is 60.9 Å². The predicted octanol–water partition coefficient (Wildman–Crippen LogP) is -2.21. The number of carbonyl (C=O) groups is 2. The van der Waals surface area contributed by atoms with Crippen LogP contribution in [0, 0.1) is 0 Å². The Balaban J connectivity index is 0. The van der Waals surface area contributed by atoms with Gasteiger partial charge in [-0.15, -0.1) is 0 Å². The van der Waals surface area contributed by atoms with Gasteiger partial charge in [0, 0.05) is 0 Å². The fourth-order valence-electron chi connectivity index (χ4n) is 0.574. The van der Waals surface area contributed by atoms with Gasteiger partial charge in [0.1, 0.15) is 0 Å². The summed E-state index contributed by atoms with van der Waals surface area (Å²) >= 11 is 0. The zero-order valence-electron chi connectivity index (χ0n) is 8.75. The second-order valence-electron chi connectivity index (χ2n) is 2.65. The van der Waals surface area contributed by atoms with Crippen molar-refractivity contribution < 1.29 is 24.9 Å². The van der Waals surface area contributed by atoms with E-state index in [4.69, 9.17) is 5.11 Å². The molecule has 5 nitrogen and oxygen atoms in total. The molecule has 0 heterocycles. The second-order valence-corrected chi connectivity index (χ2v) is 2.65. The molecule has 1 unspecified atom stereocenters. The van der Waals surface area contributed by atoms with Gasteiger partial charge in [0.2, 0.25) is 0 Å². The number of hydrogen-bond donors (Lipinski definition) is 1. The quantitative estimate of drug-likeness (QED) is 0.600. The number of aromatic carboxylic acids is 1. The van der Waals surface area contributed by atoms with E-state index in [1.165, 1.54) is 12.1 Å². The molecule has 0 aliphatic carbocycles. The van der Waals surface area contributed by atoms with Crippen molar-refractivity contribution in [3.8, 4) is 0 Å². The van der Waals surface area contributed by atoms with Crippen molar-refractivity contribution >= 4 is 49.7 Å². The number of aliphatic hydroxyl groups excluding tert-OH is 1.